The van der Waals surface area contributed by atoms with E-state index in [4.69, 9.17) is 11.6 Å². The van der Waals surface area contributed by atoms with Gasteiger partial charge in [-0.25, -0.2) is 4.98 Å². The average Bonchev–Trinajstić information content (AvgIpc) is 3.03. The number of hydrogen-bond donors (Lipinski definition) is 0. The van der Waals surface area contributed by atoms with Gasteiger partial charge in [0, 0.05) is 37.2 Å². The van der Waals surface area contributed by atoms with Crippen LogP contribution in [0.1, 0.15) is 26.7 Å². The molecule has 0 atom stereocenters. The third-order valence-corrected chi connectivity index (χ3v) is 7.17. The summed E-state index contributed by atoms with van der Waals surface area (Å²) in [6.45, 7) is 8.14. The molecule has 4 nitrogen and oxygen atoms in total. The van der Waals surface area contributed by atoms with Crippen molar-refractivity contribution in [3.8, 4) is 0 Å². The molecule has 0 unspecified atom stereocenters. The van der Waals surface area contributed by atoms with Crippen LogP contribution in [0.25, 0.3) is 10.2 Å². The van der Waals surface area contributed by atoms with Gasteiger partial charge in [0.1, 0.15) is 0 Å². The van der Waals surface area contributed by atoms with Gasteiger partial charge in [-0.2, -0.15) is 0 Å². The first-order valence-corrected chi connectivity index (χ1v) is 11.0. The number of benzene rings is 1. The minimum Gasteiger partial charge on any atom is -0.339 e. The highest BCUT2D eigenvalue weighted by atomic mass is 35.5. The molecule has 0 saturated carbocycles. The van der Waals surface area contributed by atoms with E-state index in [0.29, 0.717) is 16.8 Å². The van der Waals surface area contributed by atoms with Crippen molar-refractivity contribution in [3.05, 3.63) is 23.2 Å². The summed E-state index contributed by atoms with van der Waals surface area (Å²) >= 11 is 9.15. The summed E-state index contributed by atoms with van der Waals surface area (Å²) in [5.41, 5.74) is 0.909. The topological polar surface area (TPSA) is 36.4 Å². The van der Waals surface area contributed by atoms with Gasteiger partial charge in [-0.05, 0) is 31.0 Å². The molecule has 0 N–H and O–H groups in total. The molecule has 3 rings (SSSR count). The Morgan fingerprint density at radius 2 is 1.96 bits per heavy atom. The molecule has 144 valence electrons. The van der Waals surface area contributed by atoms with Crippen LogP contribution in [0.4, 0.5) is 0 Å². The molecule has 1 amide bonds. The third kappa shape index (κ3) is 5.26. The lowest BCUT2D eigenvalue weighted by atomic mass is 10.1. The Bertz CT molecular complexity index is 728. The molecule has 1 fully saturated rings. The molecule has 0 spiro atoms. The van der Waals surface area contributed by atoms with Gasteiger partial charge in [-0.1, -0.05) is 37.2 Å². The molecule has 26 heavy (non-hydrogen) atoms. The number of amides is 1. The van der Waals surface area contributed by atoms with E-state index < -0.39 is 0 Å². The van der Waals surface area contributed by atoms with Gasteiger partial charge >= 0.3 is 0 Å². The fraction of sp³-hybridized carbons (Fsp3) is 0.556. The quantitative estimate of drug-likeness (QED) is 0.613. The zero-order valence-corrected chi connectivity index (χ0v) is 18.3. The van der Waals surface area contributed by atoms with Crippen molar-refractivity contribution in [1.82, 2.24) is 14.8 Å². The van der Waals surface area contributed by atoms with Crippen molar-refractivity contribution < 1.29 is 4.79 Å². The summed E-state index contributed by atoms with van der Waals surface area (Å²) in [6.07, 6.45) is 2.36. The number of rotatable bonds is 6. The van der Waals surface area contributed by atoms with Crippen molar-refractivity contribution in [1.29, 1.82) is 0 Å². The van der Waals surface area contributed by atoms with E-state index in [9.17, 15) is 4.79 Å². The number of piperazine rings is 1. The minimum absolute atomic E-state index is 0. The molecule has 2 aromatic rings. The Hall–Kier alpha value is -0.530. The largest absolute Gasteiger partial charge is 0.339 e. The number of halogens is 2. The smallest absolute Gasteiger partial charge is 0.233 e. The molecule has 0 aliphatic carbocycles. The summed E-state index contributed by atoms with van der Waals surface area (Å²) < 4.78 is 2.04. The predicted octanol–water partition coefficient (Wildman–Crippen LogP) is 4.80. The Balaban J connectivity index is 0.00000243. The van der Waals surface area contributed by atoms with Gasteiger partial charge in [-0.3, -0.25) is 9.69 Å². The first kappa shape index (κ1) is 21.8. The maximum Gasteiger partial charge on any atom is 0.233 e. The second kappa shape index (κ2) is 10.1. The van der Waals surface area contributed by atoms with Crippen LogP contribution in [-0.4, -0.2) is 58.7 Å². The van der Waals surface area contributed by atoms with Gasteiger partial charge in [0.15, 0.2) is 4.34 Å². The molecule has 1 aromatic heterocycles. The summed E-state index contributed by atoms with van der Waals surface area (Å²) in [5, 5.41) is 0.695. The van der Waals surface area contributed by atoms with Crippen LogP contribution in [0.15, 0.2) is 22.5 Å². The average molecular weight is 434 g/mol. The highest BCUT2D eigenvalue weighted by Gasteiger charge is 2.24. The molecule has 1 aliphatic rings. The predicted molar refractivity (Wildman–Crippen MR) is 115 cm³/mol. The molecule has 1 saturated heterocycles. The normalized spacial score (nSPS) is 15.5. The molecule has 2 heterocycles. The van der Waals surface area contributed by atoms with E-state index in [0.717, 1.165) is 40.7 Å². The number of thioether (sulfide) groups is 1. The zero-order chi connectivity index (χ0) is 17.8. The number of thiazole rings is 1. The Morgan fingerprint density at radius 1 is 1.27 bits per heavy atom. The molecular weight excluding hydrogens is 409 g/mol. The monoisotopic (exact) mass is 433 g/mol. The first-order chi connectivity index (χ1) is 12.1. The zero-order valence-electron chi connectivity index (χ0n) is 15.1. The molecule has 0 bridgehead atoms. The van der Waals surface area contributed by atoms with E-state index >= 15 is 0 Å². The highest BCUT2D eigenvalue weighted by molar-refractivity contribution is 8.01. The maximum atomic E-state index is 12.5. The molecule has 1 aromatic carbocycles. The second-order valence-corrected chi connectivity index (χ2v) is 8.96. The van der Waals surface area contributed by atoms with Gasteiger partial charge < -0.3 is 4.90 Å². The second-order valence-electron chi connectivity index (χ2n) is 6.27. The van der Waals surface area contributed by atoms with Crippen LogP contribution >= 0.6 is 47.1 Å². The van der Waals surface area contributed by atoms with Crippen LogP contribution in [0.2, 0.25) is 5.02 Å². The SMILES string of the molecule is CCC(CC)N1CCN(C(=O)CSc2nc3cc(Cl)ccc3s2)CC1.Cl. The maximum absolute atomic E-state index is 12.5. The van der Waals surface area contributed by atoms with E-state index in [1.54, 1.807) is 11.3 Å². The van der Waals surface area contributed by atoms with Crippen molar-refractivity contribution >= 4 is 63.2 Å². The van der Waals surface area contributed by atoms with Crippen LogP contribution in [0, 0.1) is 0 Å². The lowest BCUT2D eigenvalue weighted by Gasteiger charge is -2.38. The summed E-state index contributed by atoms with van der Waals surface area (Å²) in [6, 6.07) is 6.39. The number of carbonyl (C=O) groups excluding carboxylic acids is 1. The number of fused-ring (bicyclic) bond motifs is 1. The molecule has 0 radical (unpaired) electrons. The van der Waals surface area contributed by atoms with E-state index in [2.05, 4.69) is 23.7 Å². The highest BCUT2D eigenvalue weighted by Crippen LogP contribution is 2.31. The number of hydrogen-bond acceptors (Lipinski definition) is 5. The minimum atomic E-state index is 0. The molecule has 1 aliphatic heterocycles. The summed E-state index contributed by atoms with van der Waals surface area (Å²) in [7, 11) is 0. The standard InChI is InChI=1S/C18H24ClN3OS2.ClH/c1-3-14(4-2)21-7-9-22(10-8-21)17(23)12-24-18-20-15-11-13(19)5-6-16(15)25-18;/h5-6,11,14H,3-4,7-10,12H2,1-2H3;1H. The van der Waals surface area contributed by atoms with Crippen LogP contribution < -0.4 is 0 Å². The van der Waals surface area contributed by atoms with Crippen molar-refractivity contribution in [2.24, 2.45) is 0 Å². The van der Waals surface area contributed by atoms with Crippen LogP contribution in [-0.2, 0) is 4.79 Å². The number of aromatic nitrogens is 1. The summed E-state index contributed by atoms with van der Waals surface area (Å²) in [5.74, 6) is 0.671. The van der Waals surface area contributed by atoms with Crippen LogP contribution in [0.5, 0.6) is 0 Å². The van der Waals surface area contributed by atoms with E-state index in [-0.39, 0.29) is 18.3 Å². The van der Waals surface area contributed by atoms with Crippen LogP contribution in [0.3, 0.4) is 0 Å². The Morgan fingerprint density at radius 3 is 2.62 bits per heavy atom. The van der Waals surface area contributed by atoms with E-state index in [1.165, 1.54) is 24.6 Å². The number of nitrogens with zero attached hydrogens (tertiary/aromatic N) is 3. The van der Waals surface area contributed by atoms with Gasteiger partial charge in [0.05, 0.1) is 16.0 Å². The van der Waals surface area contributed by atoms with Gasteiger partial charge in [0.25, 0.3) is 0 Å². The molecular formula is C18H25Cl2N3OS2. The summed E-state index contributed by atoms with van der Waals surface area (Å²) in [4.78, 5) is 21.6. The van der Waals surface area contributed by atoms with Crippen molar-refractivity contribution in [3.63, 3.8) is 0 Å². The fourth-order valence-corrected chi connectivity index (χ4v) is 5.42. The fourth-order valence-electron chi connectivity index (χ4n) is 3.30. The Kier molecular flexibility index (Phi) is 8.48. The number of carbonyl (C=O) groups is 1. The van der Waals surface area contributed by atoms with Gasteiger partial charge in [-0.15, -0.1) is 23.7 Å². The van der Waals surface area contributed by atoms with Gasteiger partial charge in [0.2, 0.25) is 5.91 Å². The lowest BCUT2D eigenvalue weighted by molar-refractivity contribution is -0.130. The van der Waals surface area contributed by atoms with E-state index in [1.807, 2.05) is 23.1 Å². The first-order valence-electron chi connectivity index (χ1n) is 8.81. The van der Waals surface area contributed by atoms with Crippen molar-refractivity contribution in [2.45, 2.75) is 37.1 Å². The Labute approximate surface area is 174 Å². The lowest BCUT2D eigenvalue weighted by Crippen LogP contribution is -2.52. The van der Waals surface area contributed by atoms with Crippen molar-refractivity contribution in [2.75, 3.05) is 31.9 Å². The third-order valence-electron chi connectivity index (χ3n) is 4.77. The molecule has 8 heteroatoms.